The Hall–Kier alpha value is -3.98. The number of esters is 1. The molecular weight excluding hydrogens is 631 g/mol. The van der Waals surface area contributed by atoms with Crippen LogP contribution in [0.4, 0.5) is 14.9 Å². The molecule has 2 aliphatic heterocycles. The number of carbonyl (C=O) groups excluding carboxylic acids is 2. The van der Waals surface area contributed by atoms with Gasteiger partial charge in [0.15, 0.2) is 6.10 Å². The number of pyridine rings is 1. The van der Waals surface area contributed by atoms with Crippen LogP contribution in [0, 0.1) is 25.1 Å². The summed E-state index contributed by atoms with van der Waals surface area (Å²) in [6.07, 6.45) is 3.11. The summed E-state index contributed by atoms with van der Waals surface area (Å²) >= 11 is 0. The molecule has 0 saturated carbocycles. The molecule has 270 valence electrons. The van der Waals surface area contributed by atoms with E-state index in [0.29, 0.717) is 13.1 Å². The van der Waals surface area contributed by atoms with Gasteiger partial charge in [0.2, 0.25) is 0 Å². The monoisotopic (exact) mass is 686 g/mol. The highest BCUT2D eigenvalue weighted by Crippen LogP contribution is 2.45. The lowest BCUT2D eigenvalue weighted by Gasteiger charge is -2.41. The molecule has 2 amide bonds. The maximum Gasteiger partial charge on any atom is 0.340 e. The first-order valence-corrected chi connectivity index (χ1v) is 18.1. The normalized spacial score (nSPS) is 16.7. The van der Waals surface area contributed by atoms with E-state index in [1.807, 2.05) is 51.3 Å². The zero-order valence-corrected chi connectivity index (χ0v) is 31.3. The molecule has 5 rings (SSSR count). The van der Waals surface area contributed by atoms with Crippen LogP contribution < -0.4 is 4.90 Å². The molecule has 3 aromatic rings. The van der Waals surface area contributed by atoms with Crippen molar-refractivity contribution in [3.05, 3.63) is 82.4 Å². The number of aryl methyl sites for hydroxylation is 2. The summed E-state index contributed by atoms with van der Waals surface area (Å²) in [6, 6.07) is 14.7. The fourth-order valence-corrected chi connectivity index (χ4v) is 7.07. The summed E-state index contributed by atoms with van der Waals surface area (Å²) in [6.45, 7) is 20.5. The summed E-state index contributed by atoms with van der Waals surface area (Å²) < 4.78 is 25.8. The lowest BCUT2D eigenvalue weighted by atomic mass is 9.81. The van der Waals surface area contributed by atoms with Crippen molar-refractivity contribution in [3.8, 4) is 11.1 Å². The number of nitrogens with zero attached hydrogens (tertiary/aromatic N) is 4. The van der Waals surface area contributed by atoms with Crippen molar-refractivity contribution in [3.63, 3.8) is 0 Å². The van der Waals surface area contributed by atoms with Crippen molar-refractivity contribution in [1.82, 2.24) is 14.8 Å². The Morgan fingerprint density at radius 2 is 1.46 bits per heavy atom. The minimum atomic E-state index is -0.942. The number of halogens is 1. The van der Waals surface area contributed by atoms with Gasteiger partial charge in [-0.3, -0.25) is 4.98 Å². The number of hydrogen-bond donors (Lipinski definition) is 0. The van der Waals surface area contributed by atoms with Crippen molar-refractivity contribution in [2.45, 2.75) is 106 Å². The average molecular weight is 687 g/mol. The number of anilines is 1. The highest BCUT2D eigenvalue weighted by atomic mass is 19.1. The number of amides is 2. The number of hydrogen-bond acceptors (Lipinski definition) is 6. The highest BCUT2D eigenvalue weighted by Gasteiger charge is 2.37. The Morgan fingerprint density at radius 3 is 2.00 bits per heavy atom. The molecule has 1 atom stereocenters. The molecular formula is C41H55FN4O4. The van der Waals surface area contributed by atoms with Gasteiger partial charge in [0.25, 0.3) is 0 Å². The Morgan fingerprint density at radius 1 is 0.900 bits per heavy atom. The zero-order chi connectivity index (χ0) is 36.2. The summed E-state index contributed by atoms with van der Waals surface area (Å²) in [5, 5.41) is 0. The Bertz CT molecular complexity index is 1630. The van der Waals surface area contributed by atoms with Crippen molar-refractivity contribution in [2.24, 2.45) is 5.41 Å². The van der Waals surface area contributed by atoms with Crippen LogP contribution in [-0.4, -0.2) is 65.2 Å². The lowest BCUT2D eigenvalue weighted by Crippen LogP contribution is -2.41. The molecule has 8 nitrogen and oxygen atoms in total. The van der Waals surface area contributed by atoms with E-state index in [4.69, 9.17) is 14.5 Å². The molecule has 9 heteroatoms. The minimum Gasteiger partial charge on any atom is -0.464 e. The largest absolute Gasteiger partial charge is 0.464 e. The fourth-order valence-electron chi connectivity index (χ4n) is 7.07. The van der Waals surface area contributed by atoms with Crippen molar-refractivity contribution < 1.29 is 23.5 Å². The molecule has 0 unspecified atom stereocenters. The van der Waals surface area contributed by atoms with Crippen LogP contribution in [0.3, 0.4) is 0 Å². The van der Waals surface area contributed by atoms with Crippen molar-refractivity contribution in [1.29, 1.82) is 0 Å². The number of benzene rings is 2. The summed E-state index contributed by atoms with van der Waals surface area (Å²) in [7, 11) is 0. The Balaban J connectivity index is 1.55. The van der Waals surface area contributed by atoms with Crippen LogP contribution in [0.5, 0.6) is 0 Å². The fraction of sp³-hybridized carbons (Fsp3) is 0.537. The van der Waals surface area contributed by atoms with Crippen LogP contribution in [0.1, 0.15) is 101 Å². The summed E-state index contributed by atoms with van der Waals surface area (Å²) in [5.74, 6) is -0.711. The maximum absolute atomic E-state index is 13.7. The molecule has 0 spiro atoms. The van der Waals surface area contributed by atoms with Gasteiger partial charge >= 0.3 is 12.0 Å². The van der Waals surface area contributed by atoms with Gasteiger partial charge in [0, 0.05) is 61.8 Å². The third-order valence-corrected chi connectivity index (χ3v) is 9.80. The second-order valence-electron chi connectivity index (χ2n) is 15.6. The Kier molecular flexibility index (Phi) is 11.6. The SMILES string of the molecule is CCOC(=O)[C@@H](OC(C)(C)C)c1c(C)nc(C)c(-c2ccc(CN(Cc3ccc(F)cc3)C(=O)N3CCCC3)cc2)c1N1CCC(C)(C)CC1. The molecule has 2 saturated heterocycles. The minimum absolute atomic E-state index is 0.00159. The van der Waals surface area contributed by atoms with E-state index in [-0.39, 0.29) is 23.9 Å². The molecule has 1 aromatic heterocycles. The van der Waals surface area contributed by atoms with Crippen LogP contribution in [0.2, 0.25) is 0 Å². The van der Waals surface area contributed by atoms with Gasteiger partial charge in [-0.15, -0.1) is 0 Å². The van der Waals surface area contributed by atoms with E-state index in [0.717, 1.165) is 96.8 Å². The second-order valence-corrected chi connectivity index (χ2v) is 15.6. The Labute approximate surface area is 298 Å². The van der Waals surface area contributed by atoms with E-state index in [2.05, 4.69) is 43.0 Å². The van der Waals surface area contributed by atoms with E-state index in [1.165, 1.54) is 12.1 Å². The lowest BCUT2D eigenvalue weighted by molar-refractivity contribution is -0.166. The molecule has 0 aliphatic carbocycles. The van der Waals surface area contributed by atoms with Crippen molar-refractivity contribution >= 4 is 17.7 Å². The molecule has 2 aromatic carbocycles. The zero-order valence-electron chi connectivity index (χ0n) is 31.3. The van der Waals surface area contributed by atoms with Gasteiger partial charge in [-0.05, 0) is 101 Å². The van der Waals surface area contributed by atoms with Gasteiger partial charge in [0.05, 0.1) is 17.9 Å². The first-order chi connectivity index (χ1) is 23.7. The van der Waals surface area contributed by atoms with Gasteiger partial charge < -0.3 is 24.2 Å². The number of likely N-dealkylation sites (tertiary alicyclic amines) is 1. The maximum atomic E-state index is 13.7. The van der Waals surface area contributed by atoms with Crippen LogP contribution in [-0.2, 0) is 27.4 Å². The second kappa shape index (κ2) is 15.5. The average Bonchev–Trinajstić information content (AvgIpc) is 3.60. The molecule has 0 N–H and O–H groups in total. The quantitative estimate of drug-likeness (QED) is 0.199. The smallest absolute Gasteiger partial charge is 0.340 e. The predicted octanol–water partition coefficient (Wildman–Crippen LogP) is 8.77. The van der Waals surface area contributed by atoms with E-state index in [1.54, 1.807) is 12.1 Å². The van der Waals surface area contributed by atoms with Crippen LogP contribution in [0.15, 0.2) is 48.5 Å². The first-order valence-electron chi connectivity index (χ1n) is 18.1. The number of aromatic nitrogens is 1. The molecule has 0 bridgehead atoms. The van der Waals surface area contributed by atoms with Crippen LogP contribution in [0.25, 0.3) is 11.1 Å². The number of rotatable bonds is 10. The molecule has 3 heterocycles. The van der Waals surface area contributed by atoms with E-state index in [9.17, 15) is 14.0 Å². The first kappa shape index (κ1) is 37.3. The van der Waals surface area contributed by atoms with Crippen molar-refractivity contribution in [2.75, 3.05) is 37.7 Å². The van der Waals surface area contributed by atoms with Gasteiger partial charge in [0.1, 0.15) is 5.82 Å². The number of carbonyl (C=O) groups is 2. The van der Waals surface area contributed by atoms with E-state index >= 15 is 0 Å². The van der Waals surface area contributed by atoms with Gasteiger partial charge in [-0.25, -0.2) is 14.0 Å². The standard InChI is InChI=1S/C41H55FN4O4/c1-9-49-38(47)37(50-40(4,5)6)35-29(3)43-28(2)34(36(35)44-24-20-41(7,8)21-25-44)32-16-12-30(13-17-32)26-46(39(48)45-22-10-11-23-45)27-31-14-18-33(42)19-15-31/h12-19,37H,9-11,20-27H2,1-8H3/t37-/m0/s1. The summed E-state index contributed by atoms with van der Waals surface area (Å²) in [5.41, 5.74) is 6.80. The third kappa shape index (κ3) is 9.02. The highest BCUT2D eigenvalue weighted by molar-refractivity contribution is 5.88. The molecule has 0 radical (unpaired) electrons. The molecule has 50 heavy (non-hydrogen) atoms. The van der Waals surface area contributed by atoms with Gasteiger partial charge in [-0.1, -0.05) is 50.2 Å². The molecule has 2 fully saturated rings. The topological polar surface area (TPSA) is 75.2 Å². The number of urea groups is 1. The summed E-state index contributed by atoms with van der Waals surface area (Å²) in [4.78, 5) is 38.5. The van der Waals surface area contributed by atoms with Gasteiger partial charge in [-0.2, -0.15) is 0 Å². The predicted molar refractivity (Wildman–Crippen MR) is 196 cm³/mol. The number of ether oxygens (including phenoxy) is 2. The third-order valence-electron chi connectivity index (χ3n) is 9.80. The van der Waals surface area contributed by atoms with E-state index < -0.39 is 17.7 Å². The number of piperidine rings is 1. The van der Waals surface area contributed by atoms with Crippen LogP contribution >= 0.6 is 0 Å². The molecule has 2 aliphatic rings.